The van der Waals surface area contributed by atoms with Crippen molar-refractivity contribution in [3.05, 3.63) is 29.8 Å². The molecule has 0 aliphatic heterocycles. The van der Waals surface area contributed by atoms with Crippen molar-refractivity contribution in [2.45, 2.75) is 13.3 Å². The van der Waals surface area contributed by atoms with E-state index in [4.69, 9.17) is 5.73 Å². The number of benzene rings is 1. The number of aryl methyl sites for hydroxylation is 1. The van der Waals surface area contributed by atoms with Crippen molar-refractivity contribution >= 4 is 15.5 Å². The Kier molecular flexibility index (Phi) is 3.52. The third kappa shape index (κ3) is 3.03. The standard InChI is InChI=1S/C10H15NO2S/c1-2-14(12,13)8-7-9-5-3-4-6-10(9)11/h3-6H,2,7-8,11H2,1H3. The zero-order valence-electron chi connectivity index (χ0n) is 8.23. The lowest BCUT2D eigenvalue weighted by molar-refractivity contribution is 0.596. The highest BCUT2D eigenvalue weighted by atomic mass is 32.2. The van der Waals surface area contributed by atoms with Crippen LogP contribution in [0.4, 0.5) is 5.69 Å². The predicted octanol–water partition coefficient (Wildman–Crippen LogP) is 1.25. The van der Waals surface area contributed by atoms with Gasteiger partial charge in [-0.25, -0.2) is 8.42 Å². The first-order valence-electron chi connectivity index (χ1n) is 4.59. The van der Waals surface area contributed by atoms with Gasteiger partial charge in [-0.3, -0.25) is 0 Å². The Labute approximate surface area is 84.9 Å². The minimum absolute atomic E-state index is 0.178. The lowest BCUT2D eigenvalue weighted by Crippen LogP contribution is -2.11. The molecule has 0 atom stereocenters. The van der Waals surface area contributed by atoms with Crippen LogP contribution in [0.1, 0.15) is 12.5 Å². The Morgan fingerprint density at radius 3 is 2.50 bits per heavy atom. The molecule has 0 aromatic heterocycles. The maximum Gasteiger partial charge on any atom is 0.150 e. The van der Waals surface area contributed by atoms with Gasteiger partial charge in [-0.15, -0.1) is 0 Å². The first kappa shape index (κ1) is 11.0. The van der Waals surface area contributed by atoms with Crippen LogP contribution in [0.2, 0.25) is 0 Å². The van der Waals surface area contributed by atoms with Crippen LogP contribution >= 0.6 is 0 Å². The molecule has 0 heterocycles. The second-order valence-corrected chi connectivity index (χ2v) is 5.66. The minimum Gasteiger partial charge on any atom is -0.399 e. The second-order valence-electron chi connectivity index (χ2n) is 3.19. The largest absolute Gasteiger partial charge is 0.399 e. The summed E-state index contributed by atoms with van der Waals surface area (Å²) in [5.41, 5.74) is 7.27. The fourth-order valence-corrected chi connectivity index (χ4v) is 1.99. The summed E-state index contributed by atoms with van der Waals surface area (Å²) in [6.07, 6.45) is 0.503. The summed E-state index contributed by atoms with van der Waals surface area (Å²) < 4.78 is 22.5. The lowest BCUT2D eigenvalue weighted by atomic mass is 10.1. The molecule has 0 saturated carbocycles. The van der Waals surface area contributed by atoms with Crippen LogP contribution in [-0.2, 0) is 16.3 Å². The quantitative estimate of drug-likeness (QED) is 0.766. The topological polar surface area (TPSA) is 60.2 Å². The minimum atomic E-state index is -2.89. The van der Waals surface area contributed by atoms with Gasteiger partial charge < -0.3 is 5.73 Å². The maximum absolute atomic E-state index is 11.2. The molecule has 14 heavy (non-hydrogen) atoms. The number of nitrogens with two attached hydrogens (primary N) is 1. The third-order valence-electron chi connectivity index (χ3n) is 2.18. The fraction of sp³-hybridized carbons (Fsp3) is 0.400. The van der Waals surface area contributed by atoms with Crippen LogP contribution in [0, 0.1) is 0 Å². The number of hydrogen-bond donors (Lipinski definition) is 1. The van der Waals surface area contributed by atoms with Crippen LogP contribution in [0.3, 0.4) is 0 Å². The second kappa shape index (κ2) is 4.46. The van der Waals surface area contributed by atoms with Gasteiger partial charge in [-0.2, -0.15) is 0 Å². The molecule has 0 unspecified atom stereocenters. The number of rotatable bonds is 4. The molecule has 4 heteroatoms. The van der Waals surface area contributed by atoms with E-state index in [-0.39, 0.29) is 11.5 Å². The van der Waals surface area contributed by atoms with E-state index in [0.717, 1.165) is 5.56 Å². The molecule has 1 aromatic carbocycles. The van der Waals surface area contributed by atoms with E-state index < -0.39 is 9.84 Å². The normalized spacial score (nSPS) is 11.5. The number of para-hydroxylation sites is 1. The zero-order chi connectivity index (χ0) is 10.6. The third-order valence-corrected chi connectivity index (χ3v) is 3.88. The molecule has 78 valence electrons. The molecule has 0 radical (unpaired) electrons. The predicted molar refractivity (Wildman–Crippen MR) is 58.9 cm³/mol. The van der Waals surface area contributed by atoms with Gasteiger partial charge >= 0.3 is 0 Å². The SMILES string of the molecule is CCS(=O)(=O)CCc1ccccc1N. The van der Waals surface area contributed by atoms with Crippen molar-refractivity contribution in [1.82, 2.24) is 0 Å². The van der Waals surface area contributed by atoms with Gasteiger partial charge in [0.15, 0.2) is 0 Å². The number of anilines is 1. The highest BCUT2D eigenvalue weighted by molar-refractivity contribution is 7.91. The average molecular weight is 213 g/mol. The van der Waals surface area contributed by atoms with Crippen molar-refractivity contribution in [3.8, 4) is 0 Å². The molecule has 0 amide bonds. The summed E-state index contributed by atoms with van der Waals surface area (Å²) in [7, 11) is -2.89. The van der Waals surface area contributed by atoms with Crippen LogP contribution in [0.15, 0.2) is 24.3 Å². The Bertz CT molecular complexity index is 398. The van der Waals surface area contributed by atoms with E-state index >= 15 is 0 Å². The van der Waals surface area contributed by atoms with E-state index in [1.165, 1.54) is 0 Å². The van der Waals surface area contributed by atoms with E-state index in [9.17, 15) is 8.42 Å². The highest BCUT2D eigenvalue weighted by Gasteiger charge is 2.08. The Morgan fingerprint density at radius 1 is 1.29 bits per heavy atom. The van der Waals surface area contributed by atoms with Crippen LogP contribution < -0.4 is 5.73 Å². The molecule has 0 saturated heterocycles. The lowest BCUT2D eigenvalue weighted by Gasteiger charge is -2.04. The van der Waals surface area contributed by atoms with Gasteiger partial charge in [0.2, 0.25) is 0 Å². The Balaban J connectivity index is 2.68. The monoisotopic (exact) mass is 213 g/mol. The van der Waals surface area contributed by atoms with Crippen molar-refractivity contribution < 1.29 is 8.42 Å². The van der Waals surface area contributed by atoms with Gasteiger partial charge in [0, 0.05) is 11.4 Å². The van der Waals surface area contributed by atoms with Gasteiger partial charge in [-0.1, -0.05) is 25.1 Å². The van der Waals surface area contributed by atoms with E-state index in [2.05, 4.69) is 0 Å². The molecule has 0 fully saturated rings. The van der Waals surface area contributed by atoms with Crippen molar-refractivity contribution in [3.63, 3.8) is 0 Å². The smallest absolute Gasteiger partial charge is 0.150 e. The van der Waals surface area contributed by atoms with Crippen molar-refractivity contribution in [1.29, 1.82) is 0 Å². The highest BCUT2D eigenvalue weighted by Crippen LogP contribution is 2.11. The molecule has 0 spiro atoms. The van der Waals surface area contributed by atoms with E-state index in [0.29, 0.717) is 12.1 Å². The molecule has 3 nitrogen and oxygen atoms in total. The summed E-state index contributed by atoms with van der Waals surface area (Å²) in [6.45, 7) is 1.66. The molecular weight excluding hydrogens is 198 g/mol. The van der Waals surface area contributed by atoms with Crippen LogP contribution in [0.25, 0.3) is 0 Å². The van der Waals surface area contributed by atoms with Crippen LogP contribution in [-0.4, -0.2) is 19.9 Å². The average Bonchev–Trinajstić information content (AvgIpc) is 2.17. The van der Waals surface area contributed by atoms with Crippen molar-refractivity contribution in [2.24, 2.45) is 0 Å². The Hall–Kier alpha value is -1.03. The maximum atomic E-state index is 11.2. The summed E-state index contributed by atoms with van der Waals surface area (Å²) in [4.78, 5) is 0. The zero-order valence-corrected chi connectivity index (χ0v) is 9.05. The Morgan fingerprint density at radius 2 is 1.93 bits per heavy atom. The van der Waals surface area contributed by atoms with E-state index in [1.807, 2.05) is 18.2 Å². The van der Waals surface area contributed by atoms with Gasteiger partial charge in [0.05, 0.1) is 5.75 Å². The molecule has 1 aromatic rings. The molecule has 1 rings (SSSR count). The molecular formula is C10H15NO2S. The first-order chi connectivity index (χ1) is 6.55. The van der Waals surface area contributed by atoms with E-state index in [1.54, 1.807) is 13.0 Å². The molecule has 0 aliphatic rings. The number of hydrogen-bond acceptors (Lipinski definition) is 3. The number of sulfone groups is 1. The van der Waals surface area contributed by atoms with Crippen molar-refractivity contribution in [2.75, 3.05) is 17.2 Å². The molecule has 0 aliphatic carbocycles. The fourth-order valence-electron chi connectivity index (χ4n) is 1.17. The summed E-state index contributed by atoms with van der Waals surface area (Å²) in [5, 5.41) is 0. The summed E-state index contributed by atoms with van der Waals surface area (Å²) >= 11 is 0. The molecule has 0 bridgehead atoms. The summed E-state index contributed by atoms with van der Waals surface area (Å²) in [6, 6.07) is 7.35. The van der Waals surface area contributed by atoms with Crippen LogP contribution in [0.5, 0.6) is 0 Å². The summed E-state index contributed by atoms with van der Waals surface area (Å²) in [5.74, 6) is 0.372. The molecule has 2 N–H and O–H groups in total. The van der Waals surface area contributed by atoms with Gasteiger partial charge in [0.1, 0.15) is 9.84 Å². The van der Waals surface area contributed by atoms with Gasteiger partial charge in [-0.05, 0) is 18.1 Å². The number of nitrogen functional groups attached to an aromatic ring is 1. The van der Waals surface area contributed by atoms with Gasteiger partial charge in [0.25, 0.3) is 0 Å². The first-order valence-corrected chi connectivity index (χ1v) is 6.41.